The van der Waals surface area contributed by atoms with Crippen molar-refractivity contribution in [2.24, 2.45) is 5.41 Å². The Morgan fingerprint density at radius 2 is 1.74 bits per heavy atom. The summed E-state index contributed by atoms with van der Waals surface area (Å²) in [5.41, 5.74) is 0.557. The average Bonchev–Trinajstić information content (AvgIpc) is 2.76. The summed E-state index contributed by atoms with van der Waals surface area (Å²) >= 11 is 1.89. The van der Waals surface area contributed by atoms with Crippen molar-refractivity contribution in [1.82, 2.24) is 4.98 Å². The van der Waals surface area contributed by atoms with Crippen LogP contribution in [0, 0.1) is 12.3 Å². The molecular weight excluding hydrogens is 250 g/mol. The Labute approximate surface area is 124 Å². The Kier molecular flexibility index (Phi) is 9.34. The Hall–Kier alpha value is -0.370. The smallest absolute Gasteiger partial charge is 0.0958 e. The van der Waals surface area contributed by atoms with Gasteiger partial charge in [-0.25, -0.2) is 4.98 Å². The molecule has 0 amide bonds. The highest BCUT2D eigenvalue weighted by molar-refractivity contribution is 7.11. The van der Waals surface area contributed by atoms with Gasteiger partial charge in [0.1, 0.15) is 0 Å². The van der Waals surface area contributed by atoms with E-state index in [9.17, 15) is 0 Å². The number of hydrogen-bond acceptors (Lipinski definition) is 2. The third-order valence-corrected chi connectivity index (χ3v) is 4.64. The molecule has 0 aromatic carbocycles. The van der Waals surface area contributed by atoms with Crippen molar-refractivity contribution in [3.8, 4) is 0 Å². The van der Waals surface area contributed by atoms with E-state index in [-0.39, 0.29) is 0 Å². The van der Waals surface area contributed by atoms with Gasteiger partial charge >= 0.3 is 0 Å². The van der Waals surface area contributed by atoms with Crippen LogP contribution in [0.1, 0.15) is 89.4 Å². The zero-order valence-electron chi connectivity index (χ0n) is 14.0. The van der Waals surface area contributed by atoms with Crippen LogP contribution in [0.5, 0.6) is 0 Å². The minimum atomic E-state index is 0.557. The molecule has 1 atom stereocenters. The zero-order chi connectivity index (χ0) is 14.9. The second kappa shape index (κ2) is 9.52. The molecule has 1 aromatic heterocycles. The Morgan fingerprint density at radius 1 is 1.11 bits per heavy atom. The summed E-state index contributed by atoms with van der Waals surface area (Å²) in [5.74, 6) is 0.741. The molecule has 1 aromatic rings. The predicted molar refractivity (Wildman–Crippen MR) is 89.2 cm³/mol. The van der Waals surface area contributed by atoms with Crippen molar-refractivity contribution in [3.05, 3.63) is 16.1 Å². The molecule has 112 valence electrons. The molecule has 0 radical (unpaired) electrons. The highest BCUT2D eigenvalue weighted by Crippen LogP contribution is 2.40. The maximum atomic E-state index is 4.55. The molecule has 1 fully saturated rings. The molecule has 0 N–H and O–H groups in total. The van der Waals surface area contributed by atoms with Gasteiger partial charge < -0.3 is 0 Å². The standard InChI is InChI=1S/C13H21NS.2C2H6/c1-10-9-14-12(15-10)11-5-4-7-13(2,3)8-6-11;2*1-2/h9,11H,4-8H2,1-3H3;2*1-2H3. The van der Waals surface area contributed by atoms with Gasteiger partial charge in [0.05, 0.1) is 5.01 Å². The van der Waals surface area contributed by atoms with E-state index >= 15 is 0 Å². The van der Waals surface area contributed by atoms with E-state index in [1.165, 1.54) is 42.0 Å². The highest BCUT2D eigenvalue weighted by atomic mass is 32.1. The van der Waals surface area contributed by atoms with Crippen LogP contribution in [0.15, 0.2) is 6.20 Å². The second-order valence-corrected chi connectivity index (χ2v) is 6.87. The Balaban J connectivity index is 0.000000741. The van der Waals surface area contributed by atoms with E-state index in [1.54, 1.807) is 0 Å². The lowest BCUT2D eigenvalue weighted by molar-refractivity contribution is 0.313. The minimum Gasteiger partial charge on any atom is -0.249 e. The molecule has 0 aliphatic heterocycles. The molecule has 1 unspecified atom stereocenters. The van der Waals surface area contributed by atoms with E-state index < -0.39 is 0 Å². The molecule has 1 nitrogen and oxygen atoms in total. The number of nitrogens with zero attached hydrogens (tertiary/aromatic N) is 1. The average molecular weight is 284 g/mol. The molecule has 1 heterocycles. The van der Waals surface area contributed by atoms with Crippen LogP contribution in [0.4, 0.5) is 0 Å². The Morgan fingerprint density at radius 3 is 2.26 bits per heavy atom. The molecule has 0 spiro atoms. The summed E-state index contributed by atoms with van der Waals surface area (Å²) in [5, 5.41) is 1.38. The maximum Gasteiger partial charge on any atom is 0.0958 e. The number of thiazole rings is 1. The quantitative estimate of drug-likeness (QED) is 0.531. The van der Waals surface area contributed by atoms with Crippen LogP contribution in [0.2, 0.25) is 0 Å². The molecule has 0 bridgehead atoms. The van der Waals surface area contributed by atoms with Crippen molar-refractivity contribution in [2.45, 2.75) is 86.5 Å². The first-order valence-corrected chi connectivity index (χ1v) is 8.81. The number of rotatable bonds is 1. The van der Waals surface area contributed by atoms with E-state index in [1.807, 2.05) is 45.2 Å². The summed E-state index contributed by atoms with van der Waals surface area (Å²) in [4.78, 5) is 5.90. The second-order valence-electron chi connectivity index (χ2n) is 5.60. The third kappa shape index (κ3) is 6.56. The molecule has 19 heavy (non-hydrogen) atoms. The first kappa shape index (κ1) is 18.6. The third-order valence-electron chi connectivity index (χ3n) is 3.56. The van der Waals surface area contributed by atoms with Crippen molar-refractivity contribution < 1.29 is 0 Å². The van der Waals surface area contributed by atoms with Gasteiger partial charge in [-0.15, -0.1) is 11.3 Å². The number of aryl methyl sites for hydroxylation is 1. The van der Waals surface area contributed by atoms with Crippen LogP contribution < -0.4 is 0 Å². The van der Waals surface area contributed by atoms with Gasteiger partial charge in [0, 0.05) is 17.0 Å². The van der Waals surface area contributed by atoms with Crippen LogP contribution in [0.3, 0.4) is 0 Å². The summed E-state index contributed by atoms with van der Waals surface area (Å²) in [6, 6.07) is 0. The normalized spacial score (nSPS) is 21.3. The fourth-order valence-corrected chi connectivity index (χ4v) is 3.41. The fraction of sp³-hybridized carbons (Fsp3) is 0.824. The van der Waals surface area contributed by atoms with Crippen molar-refractivity contribution >= 4 is 11.3 Å². The summed E-state index contributed by atoms with van der Waals surface area (Å²) in [6.45, 7) is 15.0. The zero-order valence-corrected chi connectivity index (χ0v) is 14.9. The van der Waals surface area contributed by atoms with Gasteiger partial charge in [0.15, 0.2) is 0 Å². The van der Waals surface area contributed by atoms with E-state index in [2.05, 4.69) is 25.8 Å². The van der Waals surface area contributed by atoms with E-state index in [0.717, 1.165) is 5.92 Å². The molecule has 1 aliphatic rings. The lowest BCUT2D eigenvalue weighted by atomic mass is 9.85. The van der Waals surface area contributed by atoms with Crippen molar-refractivity contribution in [1.29, 1.82) is 0 Å². The van der Waals surface area contributed by atoms with Crippen LogP contribution in [-0.4, -0.2) is 4.98 Å². The van der Waals surface area contributed by atoms with Crippen LogP contribution in [0.25, 0.3) is 0 Å². The van der Waals surface area contributed by atoms with Gasteiger partial charge in [0.2, 0.25) is 0 Å². The summed E-state index contributed by atoms with van der Waals surface area (Å²) in [6.07, 6.45) is 8.81. The lowest BCUT2D eigenvalue weighted by Gasteiger charge is -2.21. The molecule has 2 rings (SSSR count). The first-order chi connectivity index (χ1) is 9.07. The van der Waals surface area contributed by atoms with E-state index in [4.69, 9.17) is 0 Å². The summed E-state index contributed by atoms with van der Waals surface area (Å²) in [7, 11) is 0. The molecule has 1 aliphatic carbocycles. The van der Waals surface area contributed by atoms with Gasteiger partial charge in [-0.3, -0.25) is 0 Å². The minimum absolute atomic E-state index is 0.557. The predicted octanol–water partition coefficient (Wildman–Crippen LogP) is 6.58. The first-order valence-electron chi connectivity index (χ1n) is 7.99. The van der Waals surface area contributed by atoms with Crippen molar-refractivity contribution in [3.63, 3.8) is 0 Å². The topological polar surface area (TPSA) is 12.9 Å². The molecular formula is C17H33NS. The SMILES string of the molecule is CC.CC.Cc1cnc(C2CCCC(C)(C)CC2)s1. The van der Waals surface area contributed by atoms with Crippen LogP contribution >= 0.6 is 11.3 Å². The number of aromatic nitrogens is 1. The fourth-order valence-electron chi connectivity index (χ4n) is 2.47. The largest absolute Gasteiger partial charge is 0.249 e. The molecule has 1 saturated carbocycles. The Bertz CT molecular complexity index is 328. The maximum absolute atomic E-state index is 4.55. The molecule has 2 heteroatoms. The van der Waals surface area contributed by atoms with Crippen LogP contribution in [-0.2, 0) is 0 Å². The van der Waals surface area contributed by atoms with Gasteiger partial charge in [-0.05, 0) is 38.0 Å². The highest BCUT2D eigenvalue weighted by Gasteiger charge is 2.26. The lowest BCUT2D eigenvalue weighted by Crippen LogP contribution is -2.08. The van der Waals surface area contributed by atoms with Crippen molar-refractivity contribution in [2.75, 3.05) is 0 Å². The monoisotopic (exact) mass is 283 g/mol. The van der Waals surface area contributed by atoms with Gasteiger partial charge in [-0.1, -0.05) is 48.0 Å². The van der Waals surface area contributed by atoms with Gasteiger partial charge in [0.25, 0.3) is 0 Å². The molecule has 0 saturated heterocycles. The summed E-state index contributed by atoms with van der Waals surface area (Å²) < 4.78 is 0. The number of hydrogen-bond donors (Lipinski definition) is 0. The van der Waals surface area contributed by atoms with E-state index in [0.29, 0.717) is 5.41 Å². The van der Waals surface area contributed by atoms with Gasteiger partial charge in [-0.2, -0.15) is 0 Å².